The van der Waals surface area contributed by atoms with E-state index in [1.54, 1.807) is 14.0 Å². The summed E-state index contributed by atoms with van der Waals surface area (Å²) in [6.07, 6.45) is 4.53. The highest BCUT2D eigenvalue weighted by Crippen LogP contribution is 2.41. The van der Waals surface area contributed by atoms with E-state index in [0.717, 1.165) is 35.4 Å². The van der Waals surface area contributed by atoms with Gasteiger partial charge in [-0.2, -0.15) is 0 Å². The zero-order valence-electron chi connectivity index (χ0n) is 21.2. The molecule has 5 rings (SSSR count). The molecule has 190 valence electrons. The SMILES string of the molecule is COc1ccc(CCN2C(=O)N(CC3CC3)C(=O)C23CCN(c2cccc(CC(C)=O)c2)CC3)cc1. The van der Waals surface area contributed by atoms with Gasteiger partial charge in [-0.1, -0.05) is 24.3 Å². The number of urea groups is 1. The minimum atomic E-state index is -0.772. The Morgan fingerprint density at radius 1 is 1.03 bits per heavy atom. The molecule has 3 fully saturated rings. The Bertz CT molecular complexity index is 1130. The molecule has 2 aliphatic heterocycles. The zero-order valence-corrected chi connectivity index (χ0v) is 21.2. The number of ketones is 1. The Balaban J connectivity index is 1.33. The Labute approximate surface area is 213 Å². The molecule has 0 unspecified atom stereocenters. The number of piperidine rings is 1. The van der Waals surface area contributed by atoms with Crippen LogP contribution in [0.4, 0.5) is 10.5 Å². The lowest BCUT2D eigenvalue weighted by Crippen LogP contribution is -2.57. The molecular weight excluding hydrogens is 454 g/mol. The molecule has 7 nitrogen and oxygen atoms in total. The van der Waals surface area contributed by atoms with Crippen LogP contribution in [-0.4, -0.2) is 66.3 Å². The number of Topliss-reactive ketones (excluding diaryl/α,β-unsaturated/α-hetero) is 1. The molecule has 0 N–H and O–H groups in total. The van der Waals surface area contributed by atoms with E-state index in [1.807, 2.05) is 41.3 Å². The van der Waals surface area contributed by atoms with Crippen molar-refractivity contribution in [1.29, 1.82) is 0 Å². The van der Waals surface area contributed by atoms with E-state index < -0.39 is 5.54 Å². The largest absolute Gasteiger partial charge is 0.497 e. The van der Waals surface area contributed by atoms with Gasteiger partial charge in [-0.15, -0.1) is 0 Å². The number of benzene rings is 2. The van der Waals surface area contributed by atoms with E-state index in [1.165, 1.54) is 4.90 Å². The van der Waals surface area contributed by atoms with Crippen molar-refractivity contribution in [1.82, 2.24) is 9.80 Å². The van der Waals surface area contributed by atoms with Gasteiger partial charge in [-0.3, -0.25) is 14.5 Å². The third kappa shape index (κ3) is 4.84. The zero-order chi connectivity index (χ0) is 25.3. The van der Waals surface area contributed by atoms with Crippen LogP contribution in [-0.2, 0) is 22.4 Å². The normalized spacial score (nSPS) is 19.3. The Kier molecular flexibility index (Phi) is 6.73. The van der Waals surface area contributed by atoms with E-state index in [0.29, 0.717) is 57.8 Å². The molecule has 0 bridgehead atoms. The second-order valence-corrected chi connectivity index (χ2v) is 10.5. The lowest BCUT2D eigenvalue weighted by Gasteiger charge is -2.43. The number of carbonyl (C=O) groups is 3. The summed E-state index contributed by atoms with van der Waals surface area (Å²) < 4.78 is 5.26. The highest BCUT2D eigenvalue weighted by molar-refractivity contribution is 6.07. The Hall–Kier alpha value is -3.35. The summed E-state index contributed by atoms with van der Waals surface area (Å²) in [5.74, 6) is 1.39. The molecule has 7 heteroatoms. The number of nitrogens with zero attached hydrogens (tertiary/aromatic N) is 3. The first-order valence-corrected chi connectivity index (χ1v) is 13.0. The molecule has 0 radical (unpaired) electrons. The molecule has 2 aromatic rings. The summed E-state index contributed by atoms with van der Waals surface area (Å²) in [5, 5.41) is 0. The van der Waals surface area contributed by atoms with Crippen LogP contribution in [0.2, 0.25) is 0 Å². The van der Waals surface area contributed by atoms with E-state index in [4.69, 9.17) is 4.74 Å². The first-order chi connectivity index (χ1) is 17.4. The molecule has 3 amide bonds. The maximum absolute atomic E-state index is 13.8. The Morgan fingerprint density at radius 3 is 2.39 bits per heavy atom. The van der Waals surface area contributed by atoms with Crippen LogP contribution >= 0.6 is 0 Å². The minimum absolute atomic E-state index is 0.0147. The molecular formula is C29H35N3O4. The summed E-state index contributed by atoms with van der Waals surface area (Å²) in [4.78, 5) is 44.6. The molecule has 1 spiro atoms. The number of imide groups is 1. The fraction of sp³-hybridized carbons (Fsp3) is 0.483. The fourth-order valence-corrected chi connectivity index (χ4v) is 5.61. The lowest BCUT2D eigenvalue weighted by molar-refractivity contribution is -0.134. The predicted octanol–water partition coefficient (Wildman–Crippen LogP) is 4.08. The summed E-state index contributed by atoms with van der Waals surface area (Å²) in [5.41, 5.74) is 2.42. The van der Waals surface area contributed by atoms with Gasteiger partial charge in [-0.25, -0.2) is 4.79 Å². The average Bonchev–Trinajstić information content (AvgIpc) is 3.69. The molecule has 1 aliphatic carbocycles. The van der Waals surface area contributed by atoms with Crippen molar-refractivity contribution in [2.24, 2.45) is 5.92 Å². The number of hydrogen-bond donors (Lipinski definition) is 0. The van der Waals surface area contributed by atoms with Crippen molar-refractivity contribution in [3.05, 3.63) is 59.7 Å². The summed E-state index contributed by atoms with van der Waals surface area (Å²) in [6.45, 7) is 4.06. The molecule has 36 heavy (non-hydrogen) atoms. The highest BCUT2D eigenvalue weighted by atomic mass is 16.5. The molecule has 0 aromatic heterocycles. The molecule has 2 aromatic carbocycles. The van der Waals surface area contributed by atoms with Gasteiger partial charge in [0.2, 0.25) is 0 Å². The second-order valence-electron chi connectivity index (χ2n) is 10.5. The van der Waals surface area contributed by atoms with Crippen molar-refractivity contribution in [3.8, 4) is 5.75 Å². The number of hydrogen-bond acceptors (Lipinski definition) is 5. The summed E-state index contributed by atoms with van der Waals surface area (Å²) >= 11 is 0. The second kappa shape index (κ2) is 9.96. The van der Waals surface area contributed by atoms with Crippen LogP contribution in [0, 0.1) is 5.92 Å². The predicted molar refractivity (Wildman–Crippen MR) is 138 cm³/mol. The van der Waals surface area contributed by atoms with Crippen molar-refractivity contribution in [2.75, 3.05) is 38.2 Å². The third-order valence-electron chi connectivity index (χ3n) is 7.86. The minimum Gasteiger partial charge on any atom is -0.497 e. The van der Waals surface area contributed by atoms with Crippen LogP contribution in [0.3, 0.4) is 0 Å². The first-order valence-electron chi connectivity index (χ1n) is 13.0. The van der Waals surface area contributed by atoms with Gasteiger partial charge in [0.25, 0.3) is 5.91 Å². The number of rotatable bonds is 9. The van der Waals surface area contributed by atoms with Crippen molar-refractivity contribution in [3.63, 3.8) is 0 Å². The maximum atomic E-state index is 13.8. The van der Waals surface area contributed by atoms with Crippen molar-refractivity contribution >= 4 is 23.4 Å². The van der Waals surface area contributed by atoms with Gasteiger partial charge in [0.05, 0.1) is 7.11 Å². The van der Waals surface area contributed by atoms with Gasteiger partial charge in [0, 0.05) is 38.3 Å². The van der Waals surface area contributed by atoms with Gasteiger partial charge in [0.15, 0.2) is 0 Å². The first kappa shape index (κ1) is 24.3. The highest BCUT2D eigenvalue weighted by Gasteiger charge is 2.58. The molecule has 2 heterocycles. The third-order valence-corrected chi connectivity index (χ3v) is 7.86. The maximum Gasteiger partial charge on any atom is 0.327 e. The van der Waals surface area contributed by atoms with Crippen molar-refractivity contribution in [2.45, 2.75) is 51.0 Å². The number of anilines is 1. The van der Waals surface area contributed by atoms with Gasteiger partial charge < -0.3 is 14.5 Å². The lowest BCUT2D eigenvalue weighted by atomic mass is 9.85. The molecule has 2 saturated heterocycles. The monoisotopic (exact) mass is 489 g/mol. The summed E-state index contributed by atoms with van der Waals surface area (Å²) in [7, 11) is 1.65. The van der Waals surface area contributed by atoms with Gasteiger partial charge in [0.1, 0.15) is 17.1 Å². The topological polar surface area (TPSA) is 70.2 Å². The summed E-state index contributed by atoms with van der Waals surface area (Å²) in [6, 6.07) is 15.9. The number of methoxy groups -OCH3 is 1. The van der Waals surface area contributed by atoms with Crippen molar-refractivity contribution < 1.29 is 19.1 Å². The van der Waals surface area contributed by atoms with Crippen LogP contribution in [0.15, 0.2) is 48.5 Å². The average molecular weight is 490 g/mol. The van der Waals surface area contributed by atoms with E-state index >= 15 is 0 Å². The molecule has 3 aliphatic rings. The number of ether oxygens (including phenoxy) is 1. The van der Waals surface area contributed by atoms with Crippen LogP contribution in [0.5, 0.6) is 5.75 Å². The quantitative estimate of drug-likeness (QED) is 0.497. The smallest absolute Gasteiger partial charge is 0.327 e. The number of carbonyl (C=O) groups excluding carboxylic acids is 3. The fourth-order valence-electron chi connectivity index (χ4n) is 5.61. The molecule has 1 saturated carbocycles. The number of amides is 3. The van der Waals surface area contributed by atoms with E-state index in [2.05, 4.69) is 17.0 Å². The molecule has 0 atom stereocenters. The van der Waals surface area contributed by atoms with Crippen LogP contribution in [0.25, 0.3) is 0 Å². The van der Waals surface area contributed by atoms with E-state index in [9.17, 15) is 14.4 Å². The van der Waals surface area contributed by atoms with Crippen LogP contribution in [0.1, 0.15) is 43.7 Å². The standard InChI is InChI=1S/C29H35N3O4/c1-21(33)18-24-4-3-5-25(19-24)30-16-13-29(14-17-30)27(34)31(20-23-6-7-23)28(35)32(29)15-12-22-8-10-26(36-2)11-9-22/h3-5,8-11,19,23H,6-7,12-18,20H2,1-2H3. The van der Waals surface area contributed by atoms with Gasteiger partial charge in [-0.05, 0) is 80.3 Å². The van der Waals surface area contributed by atoms with Gasteiger partial charge >= 0.3 is 6.03 Å². The van der Waals surface area contributed by atoms with Crippen LogP contribution < -0.4 is 9.64 Å². The Morgan fingerprint density at radius 2 is 1.75 bits per heavy atom. The van der Waals surface area contributed by atoms with E-state index in [-0.39, 0.29) is 17.7 Å².